The number of nitrogens with two attached hydrogens (primary N) is 1. The average Bonchev–Trinajstić information content (AvgIpc) is 2.78. The fourth-order valence-electron chi connectivity index (χ4n) is 1.76. The van der Waals surface area contributed by atoms with Crippen molar-refractivity contribution in [1.29, 1.82) is 5.26 Å². The smallest absolute Gasteiger partial charge is 0.240 e. The van der Waals surface area contributed by atoms with Crippen molar-refractivity contribution >= 4 is 15.8 Å². The number of nitrogen functional groups attached to an aromatic ring is 1. The van der Waals surface area contributed by atoms with E-state index in [-0.39, 0.29) is 17.9 Å². The molecule has 2 aromatic rings. The van der Waals surface area contributed by atoms with E-state index >= 15 is 0 Å². The number of aromatic nitrogens is 2. The van der Waals surface area contributed by atoms with E-state index in [1.54, 1.807) is 19.2 Å². The normalized spacial score (nSPS) is 11.2. The molecule has 110 valence electrons. The third-order valence-corrected chi connectivity index (χ3v) is 4.45. The van der Waals surface area contributed by atoms with Crippen molar-refractivity contribution in [3.8, 4) is 6.07 Å². The first kappa shape index (κ1) is 15.0. The minimum Gasteiger partial charge on any atom is -0.384 e. The van der Waals surface area contributed by atoms with Crippen LogP contribution in [0.4, 0.5) is 5.82 Å². The summed E-state index contributed by atoms with van der Waals surface area (Å²) in [7, 11) is -1.94. The van der Waals surface area contributed by atoms with Gasteiger partial charge in [-0.2, -0.15) is 10.4 Å². The Labute approximate surface area is 123 Å². The van der Waals surface area contributed by atoms with Crippen molar-refractivity contribution in [2.45, 2.75) is 17.9 Å². The predicted molar refractivity (Wildman–Crippen MR) is 77.4 cm³/mol. The van der Waals surface area contributed by atoms with E-state index in [0.29, 0.717) is 11.4 Å². The maximum atomic E-state index is 12.1. The molecule has 0 atom stereocenters. The zero-order valence-electron chi connectivity index (χ0n) is 11.4. The van der Waals surface area contributed by atoms with Gasteiger partial charge < -0.3 is 5.73 Å². The molecule has 0 bridgehead atoms. The summed E-state index contributed by atoms with van der Waals surface area (Å²) in [5.41, 5.74) is 7.14. The highest BCUT2D eigenvalue weighted by Gasteiger charge is 2.15. The second-order valence-corrected chi connectivity index (χ2v) is 6.25. The first-order chi connectivity index (χ1) is 9.94. The number of benzene rings is 1. The summed E-state index contributed by atoms with van der Waals surface area (Å²) in [5, 5.41) is 12.5. The van der Waals surface area contributed by atoms with Gasteiger partial charge in [0.1, 0.15) is 5.82 Å². The van der Waals surface area contributed by atoms with Crippen LogP contribution in [0.1, 0.15) is 11.1 Å². The molecule has 0 unspecified atom stereocenters. The fourth-order valence-corrected chi connectivity index (χ4v) is 2.77. The van der Waals surface area contributed by atoms with E-state index in [1.165, 1.54) is 23.0 Å². The second-order valence-electron chi connectivity index (χ2n) is 4.48. The first-order valence-corrected chi connectivity index (χ1v) is 7.64. The highest BCUT2D eigenvalue weighted by Crippen LogP contribution is 2.13. The lowest BCUT2D eigenvalue weighted by atomic mass is 10.2. The highest BCUT2D eigenvalue weighted by atomic mass is 32.2. The summed E-state index contributed by atoms with van der Waals surface area (Å²) >= 11 is 0. The number of nitriles is 1. The third kappa shape index (κ3) is 3.39. The summed E-state index contributed by atoms with van der Waals surface area (Å²) in [6.45, 7) is 0.0714. The van der Waals surface area contributed by atoms with Crippen LogP contribution in [0.25, 0.3) is 0 Å². The van der Waals surface area contributed by atoms with Gasteiger partial charge in [0.05, 0.1) is 23.6 Å². The lowest BCUT2D eigenvalue weighted by molar-refractivity contribution is 0.581. The quantitative estimate of drug-likeness (QED) is 0.837. The number of hydrogen-bond donors (Lipinski definition) is 2. The van der Waals surface area contributed by atoms with Gasteiger partial charge in [0.25, 0.3) is 0 Å². The molecule has 1 heterocycles. The monoisotopic (exact) mass is 305 g/mol. The number of sulfonamides is 1. The van der Waals surface area contributed by atoms with Crippen LogP contribution in [0.3, 0.4) is 0 Å². The SMILES string of the molecule is Cn1ncc(CNS(=O)(=O)c2ccc(CC#N)cc2)c1N. The maximum absolute atomic E-state index is 12.1. The molecule has 0 aliphatic heterocycles. The summed E-state index contributed by atoms with van der Waals surface area (Å²) in [4.78, 5) is 0.145. The second kappa shape index (κ2) is 5.95. The van der Waals surface area contributed by atoms with Gasteiger partial charge in [0.2, 0.25) is 10.0 Å². The molecule has 0 aliphatic rings. The summed E-state index contributed by atoms with van der Waals surface area (Å²) < 4.78 is 28.2. The summed E-state index contributed by atoms with van der Waals surface area (Å²) in [5.74, 6) is 0.419. The number of rotatable bonds is 5. The number of nitrogens with zero attached hydrogens (tertiary/aromatic N) is 3. The molecule has 0 fully saturated rings. The van der Waals surface area contributed by atoms with Gasteiger partial charge in [-0.25, -0.2) is 13.1 Å². The molecule has 3 N–H and O–H groups in total. The van der Waals surface area contributed by atoms with Gasteiger partial charge >= 0.3 is 0 Å². The number of nitrogens with one attached hydrogen (secondary N) is 1. The predicted octanol–water partition coefficient (Wildman–Crippen LogP) is 0.547. The largest absolute Gasteiger partial charge is 0.384 e. The van der Waals surface area contributed by atoms with E-state index in [4.69, 9.17) is 11.0 Å². The number of hydrogen-bond acceptors (Lipinski definition) is 5. The molecule has 0 amide bonds. The average molecular weight is 305 g/mol. The summed E-state index contributed by atoms with van der Waals surface area (Å²) in [6, 6.07) is 8.20. The molecule has 2 rings (SSSR count). The Kier molecular flexibility index (Phi) is 4.26. The lowest BCUT2D eigenvalue weighted by Gasteiger charge is -2.07. The molecule has 21 heavy (non-hydrogen) atoms. The zero-order valence-corrected chi connectivity index (χ0v) is 12.3. The first-order valence-electron chi connectivity index (χ1n) is 6.16. The molecule has 0 aliphatic carbocycles. The third-order valence-electron chi connectivity index (χ3n) is 3.03. The van der Waals surface area contributed by atoms with E-state index in [9.17, 15) is 8.42 Å². The Balaban J connectivity index is 2.11. The fraction of sp³-hybridized carbons (Fsp3) is 0.231. The van der Waals surface area contributed by atoms with Crippen molar-refractivity contribution in [2.24, 2.45) is 7.05 Å². The molecule has 1 aromatic carbocycles. The van der Waals surface area contributed by atoms with Gasteiger partial charge in [0, 0.05) is 19.2 Å². The van der Waals surface area contributed by atoms with Crippen LogP contribution in [0.2, 0.25) is 0 Å². The molecule has 1 aromatic heterocycles. The van der Waals surface area contributed by atoms with Gasteiger partial charge in [-0.1, -0.05) is 12.1 Å². The molecule has 7 nitrogen and oxygen atoms in total. The number of aryl methyl sites for hydroxylation is 1. The molecular formula is C13H15N5O2S. The van der Waals surface area contributed by atoms with E-state index in [0.717, 1.165) is 5.56 Å². The van der Waals surface area contributed by atoms with Crippen molar-refractivity contribution < 1.29 is 8.42 Å². The van der Waals surface area contributed by atoms with Crippen molar-refractivity contribution in [2.75, 3.05) is 5.73 Å². The van der Waals surface area contributed by atoms with Crippen LogP contribution in [0, 0.1) is 11.3 Å². The molecule has 0 saturated carbocycles. The Hall–Kier alpha value is -2.37. The standard InChI is InChI=1S/C13H15N5O2S/c1-18-13(15)11(8-16-18)9-17-21(19,20)12-4-2-10(3-5-12)6-7-14/h2-5,8,17H,6,9,15H2,1H3. The Morgan fingerprint density at radius 1 is 1.38 bits per heavy atom. The van der Waals surface area contributed by atoms with Crippen LogP contribution in [0.15, 0.2) is 35.4 Å². The molecule has 0 radical (unpaired) electrons. The van der Waals surface area contributed by atoms with E-state index < -0.39 is 10.0 Å². The van der Waals surface area contributed by atoms with E-state index in [1.807, 2.05) is 6.07 Å². The Morgan fingerprint density at radius 3 is 2.57 bits per heavy atom. The maximum Gasteiger partial charge on any atom is 0.240 e. The molecule has 8 heteroatoms. The topological polar surface area (TPSA) is 114 Å². The Bertz CT molecular complexity index is 772. The van der Waals surface area contributed by atoms with Gasteiger partial charge in [-0.15, -0.1) is 0 Å². The molecular weight excluding hydrogens is 290 g/mol. The highest BCUT2D eigenvalue weighted by molar-refractivity contribution is 7.89. The van der Waals surface area contributed by atoms with Crippen molar-refractivity contribution in [3.63, 3.8) is 0 Å². The van der Waals surface area contributed by atoms with E-state index in [2.05, 4.69) is 9.82 Å². The lowest BCUT2D eigenvalue weighted by Crippen LogP contribution is -2.23. The van der Waals surface area contributed by atoms with Gasteiger partial charge in [-0.05, 0) is 17.7 Å². The molecule has 0 saturated heterocycles. The zero-order chi connectivity index (χ0) is 15.5. The van der Waals surface area contributed by atoms with Crippen LogP contribution in [-0.4, -0.2) is 18.2 Å². The van der Waals surface area contributed by atoms with Crippen LogP contribution in [0.5, 0.6) is 0 Å². The van der Waals surface area contributed by atoms with Gasteiger partial charge in [0.15, 0.2) is 0 Å². The van der Waals surface area contributed by atoms with Crippen LogP contribution in [-0.2, 0) is 30.0 Å². The Morgan fingerprint density at radius 2 is 2.05 bits per heavy atom. The number of anilines is 1. The van der Waals surface area contributed by atoms with Crippen LogP contribution < -0.4 is 10.5 Å². The molecule has 0 spiro atoms. The van der Waals surface area contributed by atoms with Crippen molar-refractivity contribution in [1.82, 2.24) is 14.5 Å². The van der Waals surface area contributed by atoms with Crippen LogP contribution >= 0.6 is 0 Å². The summed E-state index contributed by atoms with van der Waals surface area (Å²) in [6.07, 6.45) is 1.77. The van der Waals surface area contributed by atoms with Crippen molar-refractivity contribution in [3.05, 3.63) is 41.6 Å². The minimum absolute atomic E-state index is 0.0714. The minimum atomic E-state index is -3.62. The van der Waals surface area contributed by atoms with Gasteiger partial charge in [-0.3, -0.25) is 4.68 Å².